The van der Waals surface area contributed by atoms with Gasteiger partial charge in [0, 0.05) is 29.7 Å². The van der Waals surface area contributed by atoms with Crippen molar-refractivity contribution in [2.24, 2.45) is 0 Å². The maximum atomic E-state index is 12.7. The number of nitrogens with one attached hydrogen (secondary N) is 1. The number of carbonyl (C=O) groups is 1. The highest BCUT2D eigenvalue weighted by molar-refractivity contribution is 5.93. The van der Waals surface area contributed by atoms with E-state index in [1.807, 2.05) is 24.4 Å². The summed E-state index contributed by atoms with van der Waals surface area (Å²) in [5, 5.41) is 4.41. The maximum absolute atomic E-state index is 12.7. The number of benzene rings is 1. The van der Waals surface area contributed by atoms with Crippen molar-refractivity contribution in [3.05, 3.63) is 36.0 Å². The number of nitrogens with zero attached hydrogens (tertiary/aromatic N) is 2. The van der Waals surface area contributed by atoms with Gasteiger partial charge in [0.1, 0.15) is 0 Å². The summed E-state index contributed by atoms with van der Waals surface area (Å²) in [4.78, 5) is 15.2. The summed E-state index contributed by atoms with van der Waals surface area (Å²) < 4.78 is 1.77. The molecule has 2 aromatic rings. The van der Waals surface area contributed by atoms with Crippen molar-refractivity contribution in [1.82, 2.24) is 14.8 Å². The number of hydrogen-bond donors (Lipinski definition) is 1. The molecule has 4 nitrogen and oxygen atoms in total. The second-order valence-corrected chi connectivity index (χ2v) is 6.87. The molecule has 1 aromatic heterocycles. The molecule has 2 aliphatic rings. The number of piperidine rings is 1. The summed E-state index contributed by atoms with van der Waals surface area (Å²) in [5.41, 5.74) is 2.14. The van der Waals surface area contributed by atoms with E-state index in [1.165, 1.54) is 12.8 Å². The van der Waals surface area contributed by atoms with Gasteiger partial charge in [0.25, 0.3) is 0 Å². The summed E-state index contributed by atoms with van der Waals surface area (Å²) in [6, 6.07) is 9.71. The predicted molar refractivity (Wildman–Crippen MR) is 88.2 cm³/mol. The average Bonchev–Trinajstić information content (AvgIpc) is 2.93. The van der Waals surface area contributed by atoms with Crippen molar-refractivity contribution in [1.29, 1.82) is 0 Å². The van der Waals surface area contributed by atoms with Gasteiger partial charge in [-0.3, -0.25) is 4.57 Å². The minimum absolute atomic E-state index is 0.0123. The number of para-hydroxylation sites is 1. The molecule has 1 aromatic carbocycles. The zero-order valence-corrected chi connectivity index (χ0v) is 13.2. The van der Waals surface area contributed by atoms with Gasteiger partial charge in [-0.15, -0.1) is 0 Å². The average molecular weight is 297 g/mol. The molecule has 1 unspecified atom stereocenters. The van der Waals surface area contributed by atoms with Crippen LogP contribution in [0.25, 0.3) is 10.9 Å². The largest absolute Gasteiger partial charge is 0.335 e. The number of rotatable bonds is 1. The summed E-state index contributed by atoms with van der Waals surface area (Å²) >= 11 is 0. The topological polar surface area (TPSA) is 37.3 Å². The zero-order chi connectivity index (χ0) is 15.3. The SMILES string of the molecule is Cc1cn(C(=O)NC2C[C@H]3CC[C@@H](C2)N3C)c2ccccc12. The standard InChI is InChI=1S/C18H23N3O/c1-12-11-21(17-6-4-3-5-16(12)17)18(22)19-13-9-14-7-8-15(10-13)20(14)2/h3-6,11,13-15H,7-10H2,1-2H3,(H,19,22)/t13?,14-,15+. The lowest BCUT2D eigenvalue weighted by Gasteiger charge is -2.36. The van der Waals surface area contributed by atoms with Crippen LogP contribution in [0, 0.1) is 6.92 Å². The van der Waals surface area contributed by atoms with Crippen LogP contribution in [-0.2, 0) is 0 Å². The van der Waals surface area contributed by atoms with E-state index in [0.717, 1.165) is 29.3 Å². The monoisotopic (exact) mass is 297 g/mol. The van der Waals surface area contributed by atoms with E-state index >= 15 is 0 Å². The van der Waals surface area contributed by atoms with Gasteiger partial charge >= 0.3 is 6.03 Å². The van der Waals surface area contributed by atoms with Crippen molar-refractivity contribution in [3.63, 3.8) is 0 Å². The molecule has 1 N–H and O–H groups in total. The molecule has 0 spiro atoms. The van der Waals surface area contributed by atoms with Crippen LogP contribution in [0.4, 0.5) is 4.79 Å². The van der Waals surface area contributed by atoms with Crippen LogP contribution >= 0.6 is 0 Å². The summed E-state index contributed by atoms with van der Waals surface area (Å²) in [5.74, 6) is 0. The fraction of sp³-hybridized carbons (Fsp3) is 0.500. The first-order chi connectivity index (χ1) is 10.6. The molecule has 4 heteroatoms. The molecule has 2 fully saturated rings. The van der Waals surface area contributed by atoms with Crippen molar-refractivity contribution in [2.75, 3.05) is 7.05 Å². The quantitative estimate of drug-likeness (QED) is 0.878. The van der Waals surface area contributed by atoms with Gasteiger partial charge in [0.2, 0.25) is 0 Å². The Hall–Kier alpha value is -1.81. The Morgan fingerprint density at radius 1 is 1.18 bits per heavy atom. The normalized spacial score (nSPS) is 28.2. The number of hydrogen-bond acceptors (Lipinski definition) is 2. The minimum atomic E-state index is 0.0123. The van der Waals surface area contributed by atoms with Gasteiger partial charge in [0.05, 0.1) is 5.52 Å². The lowest BCUT2D eigenvalue weighted by molar-refractivity contribution is 0.150. The number of amides is 1. The van der Waals surface area contributed by atoms with Crippen LogP contribution in [0.3, 0.4) is 0 Å². The zero-order valence-electron chi connectivity index (χ0n) is 13.2. The Labute approximate surface area is 131 Å². The third kappa shape index (κ3) is 2.13. The van der Waals surface area contributed by atoms with Gasteiger partial charge in [0.15, 0.2) is 0 Å². The van der Waals surface area contributed by atoms with E-state index in [9.17, 15) is 4.79 Å². The Bertz CT molecular complexity index is 706. The molecule has 0 radical (unpaired) electrons. The second kappa shape index (κ2) is 5.13. The van der Waals surface area contributed by atoms with Crippen LogP contribution in [0.2, 0.25) is 0 Å². The van der Waals surface area contributed by atoms with E-state index in [2.05, 4.69) is 30.3 Å². The maximum Gasteiger partial charge on any atom is 0.326 e. The van der Waals surface area contributed by atoms with E-state index in [4.69, 9.17) is 0 Å². The lowest BCUT2D eigenvalue weighted by atomic mass is 9.98. The van der Waals surface area contributed by atoms with Crippen molar-refractivity contribution >= 4 is 16.9 Å². The van der Waals surface area contributed by atoms with Gasteiger partial charge in [-0.05, 0) is 51.3 Å². The molecule has 0 aliphatic carbocycles. The van der Waals surface area contributed by atoms with Crippen LogP contribution in [-0.4, -0.2) is 40.7 Å². The first kappa shape index (κ1) is 13.8. The highest BCUT2D eigenvalue weighted by atomic mass is 16.2. The van der Waals surface area contributed by atoms with Crippen LogP contribution in [0.5, 0.6) is 0 Å². The Kier molecular flexibility index (Phi) is 3.22. The predicted octanol–water partition coefficient (Wildman–Crippen LogP) is 3.13. The van der Waals surface area contributed by atoms with E-state index < -0.39 is 0 Å². The van der Waals surface area contributed by atoms with Gasteiger partial charge < -0.3 is 10.2 Å². The molecule has 3 atom stereocenters. The number of aryl methyl sites for hydroxylation is 1. The van der Waals surface area contributed by atoms with Crippen LogP contribution < -0.4 is 5.32 Å². The highest BCUT2D eigenvalue weighted by Crippen LogP contribution is 2.34. The third-order valence-electron chi connectivity index (χ3n) is 5.56. The van der Waals surface area contributed by atoms with E-state index in [1.54, 1.807) is 4.57 Å². The number of aromatic nitrogens is 1. The van der Waals surface area contributed by atoms with E-state index in [0.29, 0.717) is 18.1 Å². The number of fused-ring (bicyclic) bond motifs is 3. The Morgan fingerprint density at radius 3 is 2.59 bits per heavy atom. The van der Waals surface area contributed by atoms with Crippen molar-refractivity contribution in [3.8, 4) is 0 Å². The molecule has 3 heterocycles. The third-order valence-corrected chi connectivity index (χ3v) is 5.56. The van der Waals surface area contributed by atoms with Gasteiger partial charge in [-0.25, -0.2) is 4.79 Å². The highest BCUT2D eigenvalue weighted by Gasteiger charge is 2.38. The lowest BCUT2D eigenvalue weighted by Crippen LogP contribution is -2.49. The minimum Gasteiger partial charge on any atom is -0.335 e. The molecule has 2 saturated heterocycles. The second-order valence-electron chi connectivity index (χ2n) is 6.87. The fourth-order valence-electron chi connectivity index (χ4n) is 4.29. The Morgan fingerprint density at radius 2 is 1.86 bits per heavy atom. The summed E-state index contributed by atoms with van der Waals surface area (Å²) in [6.45, 7) is 2.06. The molecular weight excluding hydrogens is 274 g/mol. The molecule has 116 valence electrons. The first-order valence-electron chi connectivity index (χ1n) is 8.23. The smallest absolute Gasteiger partial charge is 0.326 e. The molecule has 22 heavy (non-hydrogen) atoms. The van der Waals surface area contributed by atoms with E-state index in [-0.39, 0.29) is 6.03 Å². The molecule has 4 rings (SSSR count). The van der Waals surface area contributed by atoms with Crippen molar-refractivity contribution < 1.29 is 4.79 Å². The van der Waals surface area contributed by atoms with Crippen LogP contribution in [0.1, 0.15) is 31.2 Å². The van der Waals surface area contributed by atoms with Gasteiger partial charge in [-0.2, -0.15) is 0 Å². The molecule has 1 amide bonds. The number of carbonyl (C=O) groups excluding carboxylic acids is 1. The molecular formula is C18H23N3O. The van der Waals surface area contributed by atoms with Crippen molar-refractivity contribution in [2.45, 2.75) is 50.7 Å². The Balaban J connectivity index is 1.55. The van der Waals surface area contributed by atoms with Crippen LogP contribution in [0.15, 0.2) is 30.5 Å². The molecule has 0 saturated carbocycles. The molecule has 2 bridgehead atoms. The molecule has 2 aliphatic heterocycles. The fourth-order valence-corrected chi connectivity index (χ4v) is 4.29. The summed E-state index contributed by atoms with van der Waals surface area (Å²) in [7, 11) is 2.23. The first-order valence-corrected chi connectivity index (χ1v) is 8.23. The van der Waals surface area contributed by atoms with Gasteiger partial charge in [-0.1, -0.05) is 18.2 Å². The summed E-state index contributed by atoms with van der Waals surface area (Å²) in [6.07, 6.45) is 6.66.